The first-order valence-electron chi connectivity index (χ1n) is 19.1. The van der Waals surface area contributed by atoms with Crippen molar-refractivity contribution in [1.82, 2.24) is 19.1 Å². The Bertz CT molecular complexity index is 2570. The monoisotopic (exact) mass is 778 g/mol. The fourth-order valence-corrected chi connectivity index (χ4v) is 6.76. The molecule has 0 N–H and O–H groups in total. The zero-order chi connectivity index (χ0) is 39.7. The van der Waals surface area contributed by atoms with Gasteiger partial charge in [0.2, 0.25) is 0 Å². The second-order valence-corrected chi connectivity index (χ2v) is 14.1. The Morgan fingerprint density at radius 2 is 1.03 bits per heavy atom. The fraction of sp³-hybridized carbons (Fsp3) is 0.271. The number of carbonyl (C=O) groups excluding carboxylic acids is 1. The molecule has 3 aliphatic heterocycles. The van der Waals surface area contributed by atoms with Crippen LogP contribution in [0.4, 0.5) is 8.78 Å². The Morgan fingerprint density at radius 3 is 1.50 bits per heavy atom. The van der Waals surface area contributed by atoms with Gasteiger partial charge in [-0.2, -0.15) is 0 Å². The minimum absolute atomic E-state index is 0. The number of ether oxygens (including phenoxy) is 1. The highest BCUT2D eigenvalue weighted by molar-refractivity contribution is 5.81. The zero-order valence-electron chi connectivity index (χ0n) is 31.5. The number of halogens is 2. The Labute approximate surface area is 336 Å². The third-order valence-corrected chi connectivity index (χ3v) is 9.88. The molecule has 0 spiro atoms. The minimum atomic E-state index is -0.331. The van der Waals surface area contributed by atoms with Crippen LogP contribution >= 0.6 is 0 Å². The highest BCUT2D eigenvalue weighted by Gasteiger charge is 2.18. The molecule has 0 unspecified atom stereocenters. The first-order chi connectivity index (χ1) is 27.7. The number of Topliss-reactive ketones (excluding diaryl/α,β-unsaturated/α-hetero) is 1. The third kappa shape index (κ3) is 10.3. The van der Waals surface area contributed by atoms with E-state index >= 15 is 0 Å². The minimum Gasteiger partial charge on any atom is -0.381 e. The Kier molecular flexibility index (Phi) is 13.6. The summed E-state index contributed by atoms with van der Waals surface area (Å²) in [6, 6.07) is 22.9. The number of aromatic nitrogens is 4. The number of rotatable bonds is 0. The van der Waals surface area contributed by atoms with Crippen molar-refractivity contribution in [3.63, 3.8) is 0 Å². The van der Waals surface area contributed by atoms with E-state index in [1.807, 2.05) is 6.07 Å². The standard InChI is InChI=1S/C22H17FN2O.C21H15FN2O2.C4H8O.CH4/c1-15-5-10-21-24-20-14-17(7-6-16-3-2-4-18(23)13-16)8-9-19(20)22(26)25(21)12-11-15;22-16-3-1-2-14(12-16)4-5-15-6-8-18-19(13-15)23-20-9-7-17(25)10-11-24(20)21(18)26;1-2-4-5-3-1;/h2-4,8-9,13-14H,1,5,10-12H2;1-3,6,8,12-13H,7,9-11H2;1-4H2;1H4. The Morgan fingerprint density at radius 1 is 0.569 bits per heavy atom. The van der Waals surface area contributed by atoms with Crippen molar-refractivity contribution in [3.05, 3.63) is 163 Å². The molecule has 294 valence electrons. The van der Waals surface area contributed by atoms with E-state index < -0.39 is 0 Å². The summed E-state index contributed by atoms with van der Waals surface area (Å²) in [5, 5.41) is 1.11. The summed E-state index contributed by atoms with van der Waals surface area (Å²) >= 11 is 0. The van der Waals surface area contributed by atoms with Crippen LogP contribution in [0.1, 0.15) is 79.9 Å². The fourth-order valence-electron chi connectivity index (χ4n) is 6.76. The van der Waals surface area contributed by atoms with E-state index in [0.29, 0.717) is 76.7 Å². The maximum atomic E-state index is 13.2. The second kappa shape index (κ2) is 19.1. The number of ketones is 1. The number of carbonyl (C=O) groups is 1. The van der Waals surface area contributed by atoms with Crippen LogP contribution in [0.3, 0.4) is 0 Å². The molecule has 1 saturated heterocycles. The van der Waals surface area contributed by atoms with Crippen molar-refractivity contribution in [2.24, 2.45) is 0 Å². The summed E-state index contributed by atoms with van der Waals surface area (Å²) in [7, 11) is 0. The number of allylic oxidation sites excluding steroid dienone is 1. The van der Waals surface area contributed by atoms with E-state index in [9.17, 15) is 23.2 Å². The van der Waals surface area contributed by atoms with Gasteiger partial charge in [0.15, 0.2) is 0 Å². The molecule has 0 aliphatic carbocycles. The molecule has 5 heterocycles. The number of aryl methyl sites for hydroxylation is 2. The van der Waals surface area contributed by atoms with Crippen molar-refractivity contribution < 1.29 is 18.3 Å². The number of nitrogens with zero attached hydrogens (tertiary/aromatic N) is 4. The highest BCUT2D eigenvalue weighted by Crippen LogP contribution is 2.19. The lowest BCUT2D eigenvalue weighted by Gasteiger charge is -2.09. The lowest BCUT2D eigenvalue weighted by molar-refractivity contribution is -0.119. The summed E-state index contributed by atoms with van der Waals surface area (Å²) in [5.41, 5.74) is 4.88. The SMILES string of the molecule is C.C1CCOC1.C=C1CCc2nc3cc(C#Cc4cccc(F)c4)ccc3c(=O)n2CC1.O=C1CCc2nc3cc(C#Cc4cccc(F)c4)ccc3c(=O)n2CC1. The van der Waals surface area contributed by atoms with Gasteiger partial charge in [-0.15, -0.1) is 0 Å². The van der Waals surface area contributed by atoms with E-state index in [1.165, 1.54) is 37.1 Å². The Hall–Kier alpha value is -6.49. The van der Waals surface area contributed by atoms with Gasteiger partial charge in [-0.1, -0.05) is 55.4 Å². The molecular formula is C48H44F2N4O4. The van der Waals surface area contributed by atoms with Gasteiger partial charge in [-0.3, -0.25) is 23.5 Å². The van der Waals surface area contributed by atoms with Crippen LogP contribution in [0.15, 0.2) is 107 Å². The average Bonchev–Trinajstić information content (AvgIpc) is 3.68. The van der Waals surface area contributed by atoms with Crippen molar-refractivity contribution in [2.75, 3.05) is 13.2 Å². The molecule has 2 aromatic heterocycles. The first-order valence-corrected chi connectivity index (χ1v) is 19.1. The van der Waals surface area contributed by atoms with Crippen LogP contribution in [0.2, 0.25) is 0 Å². The van der Waals surface area contributed by atoms with Crippen LogP contribution in [0, 0.1) is 35.3 Å². The summed E-state index contributed by atoms with van der Waals surface area (Å²) in [6.07, 6.45) is 6.22. The smallest absolute Gasteiger partial charge is 0.261 e. The summed E-state index contributed by atoms with van der Waals surface area (Å²) in [6.45, 7) is 7.06. The van der Waals surface area contributed by atoms with Gasteiger partial charge in [0, 0.05) is 74.2 Å². The third-order valence-electron chi connectivity index (χ3n) is 9.88. The molecule has 58 heavy (non-hydrogen) atoms. The summed E-state index contributed by atoms with van der Waals surface area (Å²) in [5.74, 6) is 12.8. The van der Waals surface area contributed by atoms with Crippen LogP contribution in [0.25, 0.3) is 21.8 Å². The predicted octanol–water partition coefficient (Wildman–Crippen LogP) is 8.10. The number of hydrogen-bond donors (Lipinski definition) is 0. The predicted molar refractivity (Wildman–Crippen MR) is 224 cm³/mol. The van der Waals surface area contributed by atoms with Gasteiger partial charge in [0.05, 0.1) is 21.8 Å². The molecule has 0 saturated carbocycles. The normalized spacial score (nSPS) is 14.3. The first kappa shape index (κ1) is 41.2. The van der Waals surface area contributed by atoms with E-state index in [-0.39, 0.29) is 36.0 Å². The molecule has 10 heteroatoms. The second-order valence-electron chi connectivity index (χ2n) is 14.1. The maximum absolute atomic E-state index is 13.2. The molecule has 0 bridgehead atoms. The molecule has 0 radical (unpaired) electrons. The van der Waals surface area contributed by atoms with E-state index in [1.54, 1.807) is 63.7 Å². The largest absolute Gasteiger partial charge is 0.381 e. The molecular weight excluding hydrogens is 735 g/mol. The number of hydrogen-bond acceptors (Lipinski definition) is 6. The quantitative estimate of drug-likeness (QED) is 0.114. The van der Waals surface area contributed by atoms with Crippen LogP contribution < -0.4 is 11.1 Å². The lowest BCUT2D eigenvalue weighted by atomic mass is 10.1. The molecule has 0 atom stereocenters. The summed E-state index contributed by atoms with van der Waals surface area (Å²) < 4.78 is 34.8. The highest BCUT2D eigenvalue weighted by atomic mass is 19.1. The van der Waals surface area contributed by atoms with Crippen LogP contribution in [0.5, 0.6) is 0 Å². The molecule has 6 aromatic rings. The molecule has 9 rings (SSSR count). The maximum Gasteiger partial charge on any atom is 0.261 e. The van der Waals surface area contributed by atoms with Gasteiger partial charge < -0.3 is 4.74 Å². The molecule has 3 aliphatic rings. The molecule has 1 fully saturated rings. The number of fused-ring (bicyclic) bond motifs is 4. The van der Waals surface area contributed by atoms with Gasteiger partial charge in [0.1, 0.15) is 29.1 Å². The van der Waals surface area contributed by atoms with Gasteiger partial charge >= 0.3 is 0 Å². The van der Waals surface area contributed by atoms with E-state index in [2.05, 4.69) is 35.2 Å². The van der Waals surface area contributed by atoms with Gasteiger partial charge in [0.25, 0.3) is 11.1 Å². The van der Waals surface area contributed by atoms with Crippen molar-refractivity contribution in [1.29, 1.82) is 0 Å². The van der Waals surface area contributed by atoms with Crippen molar-refractivity contribution in [2.45, 2.75) is 71.9 Å². The lowest BCUT2D eigenvalue weighted by Crippen LogP contribution is -2.24. The summed E-state index contributed by atoms with van der Waals surface area (Å²) in [4.78, 5) is 46.4. The van der Waals surface area contributed by atoms with E-state index in [0.717, 1.165) is 49.4 Å². The van der Waals surface area contributed by atoms with Gasteiger partial charge in [-0.25, -0.2) is 18.7 Å². The molecule has 4 aromatic carbocycles. The van der Waals surface area contributed by atoms with Crippen molar-refractivity contribution >= 4 is 27.6 Å². The van der Waals surface area contributed by atoms with Crippen molar-refractivity contribution in [3.8, 4) is 23.7 Å². The molecule has 8 nitrogen and oxygen atoms in total. The molecule has 0 amide bonds. The van der Waals surface area contributed by atoms with Gasteiger partial charge in [-0.05, 0) is 98.5 Å². The topological polar surface area (TPSA) is 96.1 Å². The van der Waals surface area contributed by atoms with E-state index in [4.69, 9.17) is 9.72 Å². The van der Waals surface area contributed by atoms with Crippen LogP contribution in [-0.2, 0) is 35.5 Å². The van der Waals surface area contributed by atoms with Crippen LogP contribution in [-0.4, -0.2) is 38.1 Å². The zero-order valence-corrected chi connectivity index (χ0v) is 31.5. The average molecular weight is 779 g/mol. The number of benzene rings is 4. The Balaban J connectivity index is 0.000000172.